The van der Waals surface area contributed by atoms with E-state index < -0.39 is 0 Å². The lowest BCUT2D eigenvalue weighted by atomic mass is 9.90. The molecule has 0 bridgehead atoms. The summed E-state index contributed by atoms with van der Waals surface area (Å²) < 4.78 is 0. The minimum Gasteiger partial charge on any atom is -0.371 e. The maximum atomic E-state index is 3.71. The second kappa shape index (κ2) is 7.84. The van der Waals surface area contributed by atoms with Gasteiger partial charge >= 0.3 is 0 Å². The van der Waals surface area contributed by atoms with E-state index in [4.69, 9.17) is 0 Å². The number of nitrogens with zero attached hydrogens (tertiary/aromatic N) is 1. The first-order chi connectivity index (χ1) is 10.2. The van der Waals surface area contributed by atoms with E-state index in [1.807, 2.05) is 0 Å². The van der Waals surface area contributed by atoms with Crippen LogP contribution in [0.4, 0.5) is 5.69 Å². The minimum atomic E-state index is 0.480. The molecule has 1 saturated heterocycles. The highest BCUT2D eigenvalue weighted by atomic mass is 15.1. The summed E-state index contributed by atoms with van der Waals surface area (Å²) in [6.45, 7) is 12.8. The van der Waals surface area contributed by atoms with Gasteiger partial charge in [-0.2, -0.15) is 0 Å². The van der Waals surface area contributed by atoms with Gasteiger partial charge in [-0.05, 0) is 49.3 Å². The zero-order valence-electron chi connectivity index (χ0n) is 14.2. The quantitative estimate of drug-likeness (QED) is 0.821. The van der Waals surface area contributed by atoms with Crippen molar-refractivity contribution in [3.05, 3.63) is 29.8 Å². The van der Waals surface area contributed by atoms with Gasteiger partial charge in [-0.25, -0.2) is 0 Å². The Bertz CT molecular complexity index is 419. The number of hydrogen-bond donors (Lipinski definition) is 1. The summed E-state index contributed by atoms with van der Waals surface area (Å²) in [5.74, 6) is 1.59. The molecule has 1 N–H and O–H groups in total. The first kappa shape index (κ1) is 16.4. The van der Waals surface area contributed by atoms with Crippen LogP contribution in [0.15, 0.2) is 24.3 Å². The van der Waals surface area contributed by atoms with E-state index in [-0.39, 0.29) is 0 Å². The van der Waals surface area contributed by atoms with Crippen molar-refractivity contribution in [3.8, 4) is 0 Å². The Labute approximate surface area is 130 Å². The molecule has 118 valence electrons. The summed E-state index contributed by atoms with van der Waals surface area (Å²) in [7, 11) is 0. The van der Waals surface area contributed by atoms with Crippen molar-refractivity contribution in [2.24, 2.45) is 11.8 Å². The summed E-state index contributed by atoms with van der Waals surface area (Å²) >= 11 is 0. The maximum Gasteiger partial charge on any atom is 0.0414 e. The van der Waals surface area contributed by atoms with Crippen LogP contribution in [0.3, 0.4) is 0 Å². The molecule has 21 heavy (non-hydrogen) atoms. The van der Waals surface area contributed by atoms with Gasteiger partial charge in [0.2, 0.25) is 0 Å². The molecule has 3 atom stereocenters. The number of anilines is 1. The summed E-state index contributed by atoms with van der Waals surface area (Å²) in [4.78, 5) is 2.62. The van der Waals surface area contributed by atoms with Gasteiger partial charge in [0.15, 0.2) is 0 Å². The molecule has 0 radical (unpaired) electrons. The first-order valence-electron chi connectivity index (χ1n) is 8.72. The Morgan fingerprint density at radius 3 is 2.43 bits per heavy atom. The van der Waals surface area contributed by atoms with Crippen molar-refractivity contribution in [2.45, 2.75) is 53.0 Å². The van der Waals surface area contributed by atoms with E-state index in [1.54, 1.807) is 0 Å². The van der Waals surface area contributed by atoms with Gasteiger partial charge in [-0.15, -0.1) is 0 Å². The zero-order chi connectivity index (χ0) is 15.2. The second-order valence-electron chi connectivity index (χ2n) is 6.82. The third-order valence-electron chi connectivity index (χ3n) is 4.57. The van der Waals surface area contributed by atoms with E-state index in [9.17, 15) is 0 Å². The normalized spacial score (nSPS) is 24.1. The first-order valence-corrected chi connectivity index (χ1v) is 8.72. The van der Waals surface area contributed by atoms with Crippen LogP contribution in [-0.2, 0) is 0 Å². The molecule has 1 aromatic carbocycles. The maximum absolute atomic E-state index is 3.71. The van der Waals surface area contributed by atoms with Crippen molar-refractivity contribution in [1.29, 1.82) is 0 Å². The SMILES string of the molecule is CCCNC(CC)c1ccccc1N1CC(C)CC(C)C1. The van der Waals surface area contributed by atoms with Gasteiger partial charge < -0.3 is 10.2 Å². The molecule has 2 heteroatoms. The number of benzene rings is 1. The van der Waals surface area contributed by atoms with E-state index in [0.717, 1.165) is 24.8 Å². The molecular formula is C19H32N2. The fraction of sp³-hybridized carbons (Fsp3) is 0.684. The fourth-order valence-electron chi connectivity index (χ4n) is 3.72. The van der Waals surface area contributed by atoms with Crippen LogP contribution in [0.1, 0.15) is 58.6 Å². The van der Waals surface area contributed by atoms with Gasteiger partial charge in [0.1, 0.15) is 0 Å². The van der Waals surface area contributed by atoms with Gasteiger partial charge in [0.05, 0.1) is 0 Å². The van der Waals surface area contributed by atoms with Gasteiger partial charge in [-0.1, -0.05) is 45.9 Å². The van der Waals surface area contributed by atoms with Crippen molar-refractivity contribution in [3.63, 3.8) is 0 Å². The zero-order valence-corrected chi connectivity index (χ0v) is 14.2. The topological polar surface area (TPSA) is 15.3 Å². The highest BCUT2D eigenvalue weighted by Crippen LogP contribution is 2.32. The molecule has 1 aromatic rings. The lowest BCUT2D eigenvalue weighted by Gasteiger charge is -2.38. The Morgan fingerprint density at radius 1 is 1.14 bits per heavy atom. The summed E-state index contributed by atoms with van der Waals surface area (Å²) in [6.07, 6.45) is 3.70. The van der Waals surface area contributed by atoms with Crippen molar-refractivity contribution < 1.29 is 0 Å². The van der Waals surface area contributed by atoms with Crippen LogP contribution in [0, 0.1) is 11.8 Å². The average molecular weight is 288 g/mol. The highest BCUT2D eigenvalue weighted by Gasteiger charge is 2.24. The molecule has 0 amide bonds. The molecular weight excluding hydrogens is 256 g/mol. The number of rotatable bonds is 6. The second-order valence-corrected chi connectivity index (χ2v) is 6.82. The van der Waals surface area contributed by atoms with E-state index in [2.05, 4.69) is 62.2 Å². The lowest BCUT2D eigenvalue weighted by Crippen LogP contribution is -2.39. The van der Waals surface area contributed by atoms with Crippen molar-refractivity contribution >= 4 is 5.69 Å². The summed E-state index contributed by atoms with van der Waals surface area (Å²) in [5.41, 5.74) is 2.93. The molecule has 0 spiro atoms. The molecule has 2 rings (SSSR count). The average Bonchev–Trinajstić information content (AvgIpc) is 2.47. The van der Waals surface area contributed by atoms with E-state index >= 15 is 0 Å². The molecule has 3 unspecified atom stereocenters. The third-order valence-corrected chi connectivity index (χ3v) is 4.57. The van der Waals surface area contributed by atoms with Crippen LogP contribution in [-0.4, -0.2) is 19.6 Å². The largest absolute Gasteiger partial charge is 0.371 e. The predicted molar refractivity (Wildman–Crippen MR) is 92.9 cm³/mol. The molecule has 1 fully saturated rings. The van der Waals surface area contributed by atoms with Crippen LogP contribution in [0.5, 0.6) is 0 Å². The molecule has 0 saturated carbocycles. The Hall–Kier alpha value is -1.02. The molecule has 0 aromatic heterocycles. The molecule has 2 nitrogen and oxygen atoms in total. The van der Waals surface area contributed by atoms with Crippen LogP contribution >= 0.6 is 0 Å². The number of para-hydroxylation sites is 1. The van der Waals surface area contributed by atoms with Gasteiger partial charge in [-0.3, -0.25) is 0 Å². The summed E-state index contributed by atoms with van der Waals surface area (Å²) in [6, 6.07) is 9.49. The van der Waals surface area contributed by atoms with Gasteiger partial charge in [0.25, 0.3) is 0 Å². The summed E-state index contributed by atoms with van der Waals surface area (Å²) in [5, 5.41) is 3.71. The van der Waals surface area contributed by atoms with Crippen LogP contribution < -0.4 is 10.2 Å². The smallest absolute Gasteiger partial charge is 0.0414 e. The standard InChI is InChI=1S/C19H32N2/c1-5-11-20-18(6-2)17-9-7-8-10-19(17)21-13-15(3)12-16(4)14-21/h7-10,15-16,18,20H,5-6,11-14H2,1-4H3. The Kier molecular flexibility index (Phi) is 6.10. The molecule has 1 aliphatic heterocycles. The van der Waals surface area contributed by atoms with Crippen LogP contribution in [0.25, 0.3) is 0 Å². The van der Waals surface area contributed by atoms with Gasteiger partial charge in [0, 0.05) is 24.8 Å². The monoisotopic (exact) mass is 288 g/mol. The molecule has 1 aliphatic rings. The fourth-order valence-corrected chi connectivity index (χ4v) is 3.72. The van der Waals surface area contributed by atoms with Crippen molar-refractivity contribution in [2.75, 3.05) is 24.5 Å². The molecule has 0 aliphatic carbocycles. The Morgan fingerprint density at radius 2 is 1.81 bits per heavy atom. The highest BCUT2D eigenvalue weighted by molar-refractivity contribution is 5.55. The lowest BCUT2D eigenvalue weighted by molar-refractivity contribution is 0.355. The third kappa shape index (κ3) is 4.23. The molecule has 1 heterocycles. The predicted octanol–water partition coefficient (Wildman–Crippen LogP) is 4.62. The van der Waals surface area contributed by atoms with Crippen LogP contribution in [0.2, 0.25) is 0 Å². The number of piperidine rings is 1. The number of nitrogens with one attached hydrogen (secondary N) is 1. The number of hydrogen-bond acceptors (Lipinski definition) is 2. The van der Waals surface area contributed by atoms with E-state index in [1.165, 1.54) is 37.2 Å². The van der Waals surface area contributed by atoms with Crippen molar-refractivity contribution in [1.82, 2.24) is 5.32 Å². The minimum absolute atomic E-state index is 0.480. The Balaban J connectivity index is 2.22. The van der Waals surface area contributed by atoms with E-state index in [0.29, 0.717) is 6.04 Å².